The van der Waals surface area contributed by atoms with Crippen LogP contribution in [0.3, 0.4) is 0 Å². The fourth-order valence-electron chi connectivity index (χ4n) is 2.06. The molecular formula is C15H16F3N2O3P. The lowest BCUT2D eigenvalue weighted by Crippen LogP contribution is -2.20. The first-order valence-electron chi connectivity index (χ1n) is 6.97. The summed E-state index contributed by atoms with van der Waals surface area (Å²) in [5, 5.41) is 3.69. The minimum atomic E-state index is -4.75. The first kappa shape index (κ1) is 18.4. The molecule has 0 saturated carbocycles. The number of benzene rings is 1. The molecular weight excluding hydrogens is 344 g/mol. The molecule has 1 heterocycles. The number of carbonyl (C=O) groups excluding carboxylic acids is 1. The van der Waals surface area contributed by atoms with E-state index in [0.29, 0.717) is 5.56 Å². The van der Waals surface area contributed by atoms with Crippen LogP contribution < -0.4 is 0 Å². The van der Waals surface area contributed by atoms with Gasteiger partial charge in [-0.2, -0.15) is 18.3 Å². The van der Waals surface area contributed by atoms with Crippen molar-refractivity contribution in [2.24, 2.45) is 0 Å². The first-order chi connectivity index (χ1) is 11.1. The quantitative estimate of drug-likeness (QED) is 0.582. The van der Waals surface area contributed by atoms with Crippen LogP contribution in [0.25, 0.3) is 0 Å². The Bertz CT molecular complexity index is 766. The third kappa shape index (κ3) is 4.79. The summed E-state index contributed by atoms with van der Waals surface area (Å²) in [7, 11) is -2.97. The number of alkyl halides is 3. The molecule has 0 aliphatic carbocycles. The maximum absolute atomic E-state index is 13.4. The average molecular weight is 360 g/mol. The van der Waals surface area contributed by atoms with E-state index in [-0.39, 0.29) is 6.54 Å². The molecule has 0 spiro atoms. The Balaban J connectivity index is 2.32. The van der Waals surface area contributed by atoms with E-state index in [1.807, 2.05) is 0 Å². The molecule has 0 bridgehead atoms. The predicted molar refractivity (Wildman–Crippen MR) is 82.5 cm³/mol. The molecule has 0 saturated heterocycles. The largest absolute Gasteiger partial charge is 0.433 e. The lowest BCUT2D eigenvalue weighted by atomic mass is 10.1. The highest BCUT2D eigenvalue weighted by Gasteiger charge is 2.40. The van der Waals surface area contributed by atoms with E-state index in [0.717, 1.165) is 10.9 Å². The van der Waals surface area contributed by atoms with Gasteiger partial charge in [0.25, 0.3) is 0 Å². The van der Waals surface area contributed by atoms with E-state index >= 15 is 0 Å². The summed E-state index contributed by atoms with van der Waals surface area (Å²) in [5.74, 6) is -0.912. The summed E-state index contributed by atoms with van der Waals surface area (Å²) in [6.45, 7) is 1.75. The van der Waals surface area contributed by atoms with E-state index in [4.69, 9.17) is 4.52 Å². The van der Waals surface area contributed by atoms with E-state index in [9.17, 15) is 22.5 Å². The lowest BCUT2D eigenvalue weighted by molar-refractivity contribution is -0.144. The molecule has 130 valence electrons. The van der Waals surface area contributed by atoms with Crippen molar-refractivity contribution in [3.05, 3.63) is 53.3 Å². The Labute approximate surface area is 136 Å². The van der Waals surface area contributed by atoms with Gasteiger partial charge in [0.2, 0.25) is 0 Å². The van der Waals surface area contributed by atoms with Crippen LogP contribution in [0, 0.1) is 0 Å². The van der Waals surface area contributed by atoms with Crippen LogP contribution in [0.2, 0.25) is 0 Å². The van der Waals surface area contributed by atoms with Crippen molar-refractivity contribution >= 4 is 13.2 Å². The fraction of sp³-hybridized carbons (Fsp3) is 0.333. The van der Waals surface area contributed by atoms with E-state index in [1.54, 1.807) is 30.3 Å². The summed E-state index contributed by atoms with van der Waals surface area (Å²) in [5.41, 5.74) is -1.11. The van der Waals surface area contributed by atoms with Gasteiger partial charge in [-0.05, 0) is 5.56 Å². The van der Waals surface area contributed by atoms with Crippen molar-refractivity contribution in [2.45, 2.75) is 12.7 Å². The summed E-state index contributed by atoms with van der Waals surface area (Å²) in [6, 6.07) is 8.48. The molecule has 5 nitrogen and oxygen atoms in total. The Kier molecular flexibility index (Phi) is 5.30. The van der Waals surface area contributed by atoms with Crippen LogP contribution in [0.15, 0.2) is 36.5 Å². The van der Waals surface area contributed by atoms with Gasteiger partial charge in [0, 0.05) is 13.3 Å². The smallest absolute Gasteiger partial charge is 0.320 e. The van der Waals surface area contributed by atoms with Gasteiger partial charge in [-0.1, -0.05) is 30.3 Å². The van der Waals surface area contributed by atoms with Gasteiger partial charge in [-0.3, -0.25) is 14.0 Å². The summed E-state index contributed by atoms with van der Waals surface area (Å²) in [4.78, 5) is 12.0. The van der Waals surface area contributed by atoms with Crippen molar-refractivity contribution < 1.29 is 27.1 Å². The first-order valence-corrected chi connectivity index (χ1v) is 9.49. The SMILES string of the molecule is CP(C)(=O)OCC(=O)c1cnn(Cc2ccccc2)c1C(F)(F)F. The molecule has 9 heteroatoms. The standard InChI is InChI=1S/C15H16F3N2O3P/c1-24(2,22)23-10-13(21)12-8-19-20(14(12)15(16,17)18)9-11-6-4-3-5-7-11/h3-8H,9-10H2,1-2H3. The van der Waals surface area contributed by atoms with Crippen LogP contribution in [0.5, 0.6) is 0 Å². The number of nitrogens with zero attached hydrogens (tertiary/aromatic N) is 2. The number of carbonyl (C=O) groups is 1. The molecule has 0 unspecified atom stereocenters. The van der Waals surface area contributed by atoms with Gasteiger partial charge in [0.1, 0.15) is 6.61 Å². The average Bonchev–Trinajstić information content (AvgIpc) is 2.89. The normalized spacial score (nSPS) is 12.4. The van der Waals surface area contributed by atoms with Crippen molar-refractivity contribution in [1.82, 2.24) is 9.78 Å². The molecule has 2 rings (SSSR count). The molecule has 0 atom stereocenters. The number of halogens is 3. The summed E-state index contributed by atoms with van der Waals surface area (Å²) >= 11 is 0. The second-order valence-corrected chi connectivity index (χ2v) is 8.26. The monoisotopic (exact) mass is 360 g/mol. The fourth-order valence-corrected chi connectivity index (χ4v) is 2.48. The number of hydrogen-bond acceptors (Lipinski definition) is 4. The molecule has 0 aliphatic rings. The Morgan fingerprint density at radius 3 is 2.42 bits per heavy atom. The highest BCUT2D eigenvalue weighted by Crippen LogP contribution is 2.38. The van der Waals surface area contributed by atoms with Gasteiger partial charge in [0.15, 0.2) is 18.8 Å². The van der Waals surface area contributed by atoms with E-state index in [1.165, 1.54) is 13.3 Å². The second kappa shape index (κ2) is 6.91. The molecule has 0 amide bonds. The summed E-state index contributed by atoms with van der Waals surface area (Å²) < 4.78 is 57.2. The molecule has 0 fully saturated rings. The molecule has 0 aliphatic heterocycles. The highest BCUT2D eigenvalue weighted by molar-refractivity contribution is 7.57. The lowest BCUT2D eigenvalue weighted by Gasteiger charge is -2.13. The number of aromatic nitrogens is 2. The predicted octanol–water partition coefficient (Wildman–Crippen LogP) is 3.69. The molecule has 0 radical (unpaired) electrons. The van der Waals surface area contributed by atoms with Crippen molar-refractivity contribution in [3.63, 3.8) is 0 Å². The third-order valence-electron chi connectivity index (χ3n) is 3.09. The Hall–Kier alpha value is -1.92. The van der Waals surface area contributed by atoms with E-state index in [2.05, 4.69) is 5.10 Å². The zero-order valence-electron chi connectivity index (χ0n) is 13.1. The van der Waals surface area contributed by atoms with Gasteiger partial charge >= 0.3 is 6.18 Å². The van der Waals surface area contributed by atoms with Gasteiger partial charge in [0.05, 0.1) is 18.3 Å². The zero-order chi connectivity index (χ0) is 18.0. The van der Waals surface area contributed by atoms with Crippen LogP contribution in [0.4, 0.5) is 13.2 Å². The third-order valence-corrected chi connectivity index (χ3v) is 3.84. The number of ketones is 1. The Morgan fingerprint density at radius 2 is 1.88 bits per heavy atom. The Morgan fingerprint density at radius 1 is 1.25 bits per heavy atom. The van der Waals surface area contributed by atoms with Gasteiger partial charge in [-0.25, -0.2) is 0 Å². The molecule has 2 aromatic rings. The highest BCUT2D eigenvalue weighted by atomic mass is 31.2. The van der Waals surface area contributed by atoms with Crippen LogP contribution >= 0.6 is 7.37 Å². The molecule has 24 heavy (non-hydrogen) atoms. The number of Topliss-reactive ketones (excluding diaryl/α,β-unsaturated/α-hetero) is 1. The molecule has 0 N–H and O–H groups in total. The second-order valence-electron chi connectivity index (χ2n) is 5.50. The van der Waals surface area contributed by atoms with Crippen molar-refractivity contribution in [1.29, 1.82) is 0 Å². The van der Waals surface area contributed by atoms with Crippen LogP contribution in [-0.2, 0) is 21.8 Å². The number of hydrogen-bond donors (Lipinski definition) is 0. The van der Waals surface area contributed by atoms with Gasteiger partial charge in [-0.15, -0.1) is 0 Å². The summed E-state index contributed by atoms with van der Waals surface area (Å²) in [6.07, 6.45) is -3.88. The maximum atomic E-state index is 13.4. The van der Waals surface area contributed by atoms with Crippen molar-refractivity contribution in [2.75, 3.05) is 19.9 Å². The number of rotatable bonds is 6. The maximum Gasteiger partial charge on any atom is 0.433 e. The van der Waals surface area contributed by atoms with Crippen LogP contribution in [0.1, 0.15) is 21.6 Å². The van der Waals surface area contributed by atoms with Crippen molar-refractivity contribution in [3.8, 4) is 0 Å². The minimum Gasteiger partial charge on any atom is -0.320 e. The minimum absolute atomic E-state index is 0.121. The molecule has 1 aromatic carbocycles. The zero-order valence-corrected chi connectivity index (χ0v) is 14.0. The van der Waals surface area contributed by atoms with Gasteiger partial charge < -0.3 is 4.52 Å². The van der Waals surface area contributed by atoms with E-state index < -0.39 is 37.2 Å². The van der Waals surface area contributed by atoms with Crippen LogP contribution in [-0.4, -0.2) is 35.5 Å². The topological polar surface area (TPSA) is 61.2 Å². The molecule has 1 aromatic heterocycles.